The van der Waals surface area contributed by atoms with Crippen LogP contribution in [0.15, 0.2) is 36.4 Å². The van der Waals surface area contributed by atoms with Crippen LogP contribution in [0, 0.1) is 5.82 Å². The molecule has 4 heteroatoms. The van der Waals surface area contributed by atoms with Crippen LogP contribution < -0.4 is 4.74 Å². The largest absolute Gasteiger partial charge is 0.490 e. The molecule has 0 N–H and O–H groups in total. The fraction of sp³-hybridized carbons (Fsp3) is 0.200. The molecule has 0 spiro atoms. The normalized spacial score (nSPS) is 9.64. The van der Waals surface area contributed by atoms with Crippen LogP contribution in [0.5, 0.6) is 5.75 Å². The summed E-state index contributed by atoms with van der Waals surface area (Å²) in [4.78, 5) is 0. The molecule has 1 nitrogen and oxygen atoms in total. The Labute approximate surface area is 79.8 Å². The summed E-state index contributed by atoms with van der Waals surface area (Å²) in [6.45, 7) is 0.0400. The standard InChI is InChI=1S/C10H9F3O/c11-8-4-1-2-5-9(8)14-7-3-6-10(12)13/h1-2,4-6H,3,7H2. The second-order valence-electron chi connectivity index (χ2n) is 2.56. The van der Waals surface area contributed by atoms with E-state index in [9.17, 15) is 13.2 Å². The van der Waals surface area contributed by atoms with Crippen molar-refractivity contribution < 1.29 is 17.9 Å². The number of hydrogen-bond donors (Lipinski definition) is 0. The fourth-order valence-corrected chi connectivity index (χ4v) is 0.899. The summed E-state index contributed by atoms with van der Waals surface area (Å²) in [7, 11) is 0. The van der Waals surface area contributed by atoms with Crippen molar-refractivity contribution >= 4 is 0 Å². The zero-order valence-electron chi connectivity index (χ0n) is 7.34. The van der Waals surface area contributed by atoms with Crippen molar-refractivity contribution in [2.24, 2.45) is 0 Å². The maximum Gasteiger partial charge on any atom is 0.266 e. The molecule has 76 valence electrons. The van der Waals surface area contributed by atoms with Gasteiger partial charge in [-0.3, -0.25) is 0 Å². The lowest BCUT2D eigenvalue weighted by Gasteiger charge is -2.04. The summed E-state index contributed by atoms with van der Waals surface area (Å²) >= 11 is 0. The second kappa shape index (κ2) is 5.32. The molecule has 0 unspecified atom stereocenters. The van der Waals surface area contributed by atoms with Crippen molar-refractivity contribution in [1.82, 2.24) is 0 Å². The predicted octanol–water partition coefficient (Wildman–Crippen LogP) is 3.38. The van der Waals surface area contributed by atoms with E-state index >= 15 is 0 Å². The Morgan fingerprint density at radius 2 is 2.00 bits per heavy atom. The van der Waals surface area contributed by atoms with Gasteiger partial charge in [-0.25, -0.2) is 4.39 Å². The minimum atomic E-state index is -1.75. The van der Waals surface area contributed by atoms with Gasteiger partial charge in [0.1, 0.15) is 0 Å². The molecule has 0 bridgehead atoms. The first-order chi connectivity index (χ1) is 6.70. The lowest BCUT2D eigenvalue weighted by atomic mass is 10.3. The van der Waals surface area contributed by atoms with Gasteiger partial charge >= 0.3 is 0 Å². The van der Waals surface area contributed by atoms with Crippen LogP contribution in [-0.4, -0.2) is 6.61 Å². The lowest BCUT2D eigenvalue weighted by Crippen LogP contribution is -1.97. The van der Waals surface area contributed by atoms with Crippen LogP contribution in [0.1, 0.15) is 6.42 Å². The monoisotopic (exact) mass is 202 g/mol. The highest BCUT2D eigenvalue weighted by atomic mass is 19.3. The molecule has 0 radical (unpaired) electrons. The molecule has 0 amide bonds. The zero-order chi connectivity index (χ0) is 10.4. The number of rotatable bonds is 4. The molecular formula is C10H9F3O. The third-order valence-corrected chi connectivity index (χ3v) is 1.51. The Bertz CT molecular complexity index is 319. The molecule has 0 atom stereocenters. The molecule has 1 aromatic carbocycles. The average molecular weight is 202 g/mol. The van der Waals surface area contributed by atoms with Gasteiger partial charge in [-0.15, -0.1) is 0 Å². The first kappa shape index (κ1) is 10.6. The van der Waals surface area contributed by atoms with E-state index in [-0.39, 0.29) is 18.8 Å². The molecule has 0 aliphatic heterocycles. The van der Waals surface area contributed by atoms with Gasteiger partial charge in [0.2, 0.25) is 0 Å². The van der Waals surface area contributed by atoms with E-state index in [1.54, 1.807) is 6.07 Å². The minimum absolute atomic E-state index is 0.0400. The van der Waals surface area contributed by atoms with Gasteiger partial charge in [0.25, 0.3) is 6.08 Å². The zero-order valence-corrected chi connectivity index (χ0v) is 7.34. The highest BCUT2D eigenvalue weighted by molar-refractivity contribution is 5.23. The average Bonchev–Trinajstić information content (AvgIpc) is 2.15. The molecule has 1 aromatic rings. The van der Waals surface area contributed by atoms with E-state index in [1.807, 2.05) is 0 Å². The van der Waals surface area contributed by atoms with E-state index in [2.05, 4.69) is 0 Å². The Balaban J connectivity index is 2.39. The van der Waals surface area contributed by atoms with Crippen molar-refractivity contribution in [2.75, 3.05) is 6.61 Å². The van der Waals surface area contributed by atoms with Gasteiger partial charge in [-0.2, -0.15) is 8.78 Å². The molecule has 14 heavy (non-hydrogen) atoms. The molecule has 0 heterocycles. The van der Waals surface area contributed by atoms with E-state index in [4.69, 9.17) is 4.74 Å². The maximum absolute atomic E-state index is 12.9. The van der Waals surface area contributed by atoms with Crippen molar-refractivity contribution in [1.29, 1.82) is 0 Å². The lowest BCUT2D eigenvalue weighted by molar-refractivity contribution is 0.304. The van der Waals surface area contributed by atoms with Crippen LogP contribution in [0.2, 0.25) is 0 Å². The molecular weight excluding hydrogens is 193 g/mol. The van der Waals surface area contributed by atoms with Crippen molar-refractivity contribution in [3.8, 4) is 5.75 Å². The summed E-state index contributed by atoms with van der Waals surface area (Å²) in [5, 5.41) is 0. The molecule has 0 saturated carbocycles. The van der Waals surface area contributed by atoms with E-state index in [0.717, 1.165) is 6.08 Å². The second-order valence-corrected chi connectivity index (χ2v) is 2.56. The van der Waals surface area contributed by atoms with E-state index < -0.39 is 11.9 Å². The molecule has 0 fully saturated rings. The van der Waals surface area contributed by atoms with Crippen molar-refractivity contribution in [3.63, 3.8) is 0 Å². The highest BCUT2D eigenvalue weighted by Crippen LogP contribution is 2.15. The smallest absolute Gasteiger partial charge is 0.266 e. The third kappa shape index (κ3) is 3.51. The molecule has 0 saturated heterocycles. The van der Waals surface area contributed by atoms with Gasteiger partial charge in [-0.1, -0.05) is 12.1 Å². The van der Waals surface area contributed by atoms with Crippen molar-refractivity contribution in [2.45, 2.75) is 6.42 Å². The van der Waals surface area contributed by atoms with Gasteiger partial charge in [-0.05, 0) is 18.2 Å². The summed E-state index contributed by atoms with van der Waals surface area (Å²) < 4.78 is 41.0. The number of halogens is 3. The Kier molecular flexibility index (Phi) is 4.04. The van der Waals surface area contributed by atoms with Crippen molar-refractivity contribution in [3.05, 3.63) is 42.2 Å². The maximum atomic E-state index is 12.9. The molecule has 0 aliphatic rings. The van der Waals surface area contributed by atoms with Crippen LogP contribution in [0.4, 0.5) is 13.2 Å². The van der Waals surface area contributed by atoms with Gasteiger partial charge in [0.05, 0.1) is 6.61 Å². The third-order valence-electron chi connectivity index (χ3n) is 1.51. The number of ether oxygens (including phenoxy) is 1. The van der Waals surface area contributed by atoms with Gasteiger partial charge < -0.3 is 4.74 Å². The molecule has 1 rings (SSSR count). The highest BCUT2D eigenvalue weighted by Gasteiger charge is 1.99. The number of para-hydroxylation sites is 1. The summed E-state index contributed by atoms with van der Waals surface area (Å²) in [5.41, 5.74) is 0. The number of benzene rings is 1. The Hall–Kier alpha value is -1.45. The Morgan fingerprint density at radius 1 is 1.29 bits per heavy atom. The SMILES string of the molecule is FC(F)=CCCOc1ccccc1F. The topological polar surface area (TPSA) is 9.23 Å². The fourth-order valence-electron chi connectivity index (χ4n) is 0.899. The van der Waals surface area contributed by atoms with Gasteiger partial charge in [0.15, 0.2) is 11.6 Å². The van der Waals surface area contributed by atoms with Crippen LogP contribution in [0.3, 0.4) is 0 Å². The predicted molar refractivity (Wildman–Crippen MR) is 46.8 cm³/mol. The van der Waals surface area contributed by atoms with Crippen LogP contribution >= 0.6 is 0 Å². The first-order valence-corrected chi connectivity index (χ1v) is 4.08. The molecule has 0 aliphatic carbocycles. The minimum Gasteiger partial charge on any atom is -0.490 e. The summed E-state index contributed by atoms with van der Waals surface area (Å²) in [6, 6.07) is 5.85. The quantitative estimate of drug-likeness (QED) is 0.680. The Morgan fingerprint density at radius 3 is 2.64 bits per heavy atom. The summed E-state index contributed by atoms with van der Waals surface area (Å²) in [6.07, 6.45) is -0.945. The van der Waals surface area contributed by atoms with Crippen LogP contribution in [-0.2, 0) is 0 Å². The van der Waals surface area contributed by atoms with E-state index in [0.29, 0.717) is 0 Å². The van der Waals surface area contributed by atoms with E-state index in [1.165, 1.54) is 18.2 Å². The van der Waals surface area contributed by atoms with Crippen LogP contribution in [0.25, 0.3) is 0 Å². The van der Waals surface area contributed by atoms with Gasteiger partial charge in [0, 0.05) is 6.42 Å². The molecule has 0 aromatic heterocycles. The number of hydrogen-bond acceptors (Lipinski definition) is 1. The summed E-state index contributed by atoms with van der Waals surface area (Å²) in [5.74, 6) is -0.405. The first-order valence-electron chi connectivity index (χ1n) is 4.08.